The zero-order valence-corrected chi connectivity index (χ0v) is 13.2. The first-order valence-electron chi connectivity index (χ1n) is 6.74. The van der Waals surface area contributed by atoms with E-state index in [1.54, 1.807) is 12.1 Å². The summed E-state index contributed by atoms with van der Waals surface area (Å²) in [6.07, 6.45) is 0.387. The first-order valence-corrected chi connectivity index (χ1v) is 8.55. The summed E-state index contributed by atoms with van der Waals surface area (Å²) in [6.45, 7) is 0. The second-order valence-corrected chi connectivity index (χ2v) is 6.79. The molecule has 0 atom stereocenters. The number of carbonyl (C=O) groups excluding carboxylic acids is 1. The van der Waals surface area contributed by atoms with Crippen molar-refractivity contribution >= 4 is 44.4 Å². The zero-order chi connectivity index (χ0) is 15.4. The highest BCUT2D eigenvalue weighted by Gasteiger charge is 2.07. The second kappa shape index (κ2) is 6.89. The Bertz CT molecular complexity index is 753. The molecule has 0 fully saturated rings. The van der Waals surface area contributed by atoms with E-state index in [1.807, 2.05) is 24.3 Å². The van der Waals surface area contributed by atoms with Gasteiger partial charge in [0.25, 0.3) is 0 Å². The Morgan fingerprint density at radius 2 is 1.95 bits per heavy atom. The van der Waals surface area contributed by atoms with Crippen LogP contribution in [0.3, 0.4) is 0 Å². The van der Waals surface area contributed by atoms with Gasteiger partial charge in [0.1, 0.15) is 5.82 Å². The van der Waals surface area contributed by atoms with E-state index in [0.29, 0.717) is 17.3 Å². The lowest BCUT2D eigenvalue weighted by atomic mass is 10.3. The maximum absolute atomic E-state index is 12.8. The highest BCUT2D eigenvalue weighted by atomic mass is 32.2. The third kappa shape index (κ3) is 3.84. The summed E-state index contributed by atoms with van der Waals surface area (Å²) in [5.41, 5.74) is 0.892. The molecule has 0 unspecified atom stereocenters. The van der Waals surface area contributed by atoms with Gasteiger partial charge in [0.15, 0.2) is 5.13 Å². The van der Waals surface area contributed by atoms with Gasteiger partial charge in [-0.2, -0.15) is 0 Å². The molecule has 0 spiro atoms. The smallest absolute Gasteiger partial charge is 0.226 e. The molecular weight excluding hydrogens is 319 g/mol. The van der Waals surface area contributed by atoms with Crippen LogP contribution >= 0.6 is 23.1 Å². The van der Waals surface area contributed by atoms with E-state index in [0.717, 1.165) is 15.1 Å². The molecule has 0 aliphatic carbocycles. The van der Waals surface area contributed by atoms with E-state index in [9.17, 15) is 9.18 Å². The van der Waals surface area contributed by atoms with Crippen LogP contribution in [0.1, 0.15) is 6.42 Å². The lowest BCUT2D eigenvalue weighted by Crippen LogP contribution is -2.11. The Kier molecular flexibility index (Phi) is 4.70. The van der Waals surface area contributed by atoms with E-state index in [-0.39, 0.29) is 11.7 Å². The van der Waals surface area contributed by atoms with Gasteiger partial charge in [0, 0.05) is 17.1 Å². The van der Waals surface area contributed by atoms with E-state index in [2.05, 4.69) is 10.3 Å². The number of para-hydroxylation sites is 1. The first-order chi connectivity index (χ1) is 10.7. The fraction of sp³-hybridized carbons (Fsp3) is 0.125. The fourth-order valence-corrected chi connectivity index (χ4v) is 3.63. The molecular formula is C16H13FN2OS2. The molecule has 0 bridgehead atoms. The van der Waals surface area contributed by atoms with Crippen LogP contribution in [0.15, 0.2) is 53.4 Å². The number of nitrogens with one attached hydrogen (secondary N) is 1. The number of rotatable bonds is 5. The van der Waals surface area contributed by atoms with Crippen LogP contribution in [-0.2, 0) is 4.79 Å². The van der Waals surface area contributed by atoms with E-state index in [4.69, 9.17) is 0 Å². The number of thioether (sulfide) groups is 1. The van der Waals surface area contributed by atoms with Crippen molar-refractivity contribution in [2.45, 2.75) is 11.3 Å². The standard InChI is InChI=1S/C16H13FN2OS2/c17-11-5-7-12(8-6-11)21-10-9-15(20)19-16-18-13-3-1-2-4-14(13)22-16/h1-8H,9-10H2,(H,18,19,20). The minimum atomic E-state index is -0.252. The van der Waals surface area contributed by atoms with Gasteiger partial charge in [-0.3, -0.25) is 4.79 Å². The van der Waals surface area contributed by atoms with Crippen LogP contribution in [-0.4, -0.2) is 16.6 Å². The Hall–Kier alpha value is -1.92. The molecule has 3 aromatic rings. The predicted molar refractivity (Wildman–Crippen MR) is 90.0 cm³/mol. The van der Waals surface area contributed by atoms with Crippen molar-refractivity contribution in [2.24, 2.45) is 0 Å². The molecule has 0 saturated carbocycles. The Balaban J connectivity index is 1.50. The molecule has 0 aliphatic heterocycles. The molecule has 0 radical (unpaired) electrons. The summed E-state index contributed by atoms with van der Waals surface area (Å²) in [5.74, 6) is 0.328. The van der Waals surface area contributed by atoms with Crippen LogP contribution in [0.4, 0.5) is 9.52 Å². The predicted octanol–water partition coefficient (Wildman–Crippen LogP) is 4.56. The van der Waals surface area contributed by atoms with Gasteiger partial charge in [-0.05, 0) is 36.4 Å². The van der Waals surface area contributed by atoms with Gasteiger partial charge in [-0.15, -0.1) is 11.8 Å². The maximum Gasteiger partial charge on any atom is 0.226 e. The first kappa shape index (κ1) is 15.0. The number of hydrogen-bond acceptors (Lipinski definition) is 4. The molecule has 112 valence electrons. The Labute approximate surface area is 135 Å². The molecule has 6 heteroatoms. The van der Waals surface area contributed by atoms with Crippen molar-refractivity contribution < 1.29 is 9.18 Å². The minimum absolute atomic E-state index is 0.0614. The zero-order valence-electron chi connectivity index (χ0n) is 11.6. The molecule has 0 aliphatic rings. The van der Waals surface area contributed by atoms with Crippen molar-refractivity contribution in [3.63, 3.8) is 0 Å². The fourth-order valence-electron chi connectivity index (χ4n) is 1.90. The van der Waals surface area contributed by atoms with Crippen molar-refractivity contribution in [1.82, 2.24) is 4.98 Å². The monoisotopic (exact) mass is 332 g/mol. The van der Waals surface area contributed by atoms with Gasteiger partial charge in [-0.1, -0.05) is 23.5 Å². The number of anilines is 1. The molecule has 0 saturated heterocycles. The highest BCUT2D eigenvalue weighted by Crippen LogP contribution is 2.25. The van der Waals surface area contributed by atoms with Gasteiger partial charge < -0.3 is 5.32 Å². The van der Waals surface area contributed by atoms with Crippen molar-refractivity contribution in [3.05, 3.63) is 54.3 Å². The molecule has 1 aromatic heterocycles. The molecule has 1 N–H and O–H groups in total. The van der Waals surface area contributed by atoms with E-state index >= 15 is 0 Å². The number of benzene rings is 2. The highest BCUT2D eigenvalue weighted by molar-refractivity contribution is 7.99. The number of hydrogen-bond donors (Lipinski definition) is 1. The number of carbonyl (C=O) groups is 1. The molecule has 22 heavy (non-hydrogen) atoms. The average Bonchev–Trinajstić information content (AvgIpc) is 2.91. The summed E-state index contributed by atoms with van der Waals surface area (Å²) in [5, 5.41) is 3.45. The summed E-state index contributed by atoms with van der Waals surface area (Å²) in [4.78, 5) is 17.2. The normalized spacial score (nSPS) is 10.8. The van der Waals surface area contributed by atoms with Crippen LogP contribution in [0.5, 0.6) is 0 Å². The largest absolute Gasteiger partial charge is 0.302 e. The van der Waals surface area contributed by atoms with Crippen molar-refractivity contribution in [3.8, 4) is 0 Å². The molecule has 3 rings (SSSR count). The van der Waals surface area contributed by atoms with Gasteiger partial charge >= 0.3 is 0 Å². The number of aromatic nitrogens is 1. The molecule has 1 heterocycles. The Morgan fingerprint density at radius 1 is 1.18 bits per heavy atom. The van der Waals surface area contributed by atoms with E-state index in [1.165, 1.54) is 35.2 Å². The minimum Gasteiger partial charge on any atom is -0.302 e. The molecule has 3 nitrogen and oxygen atoms in total. The topological polar surface area (TPSA) is 42.0 Å². The molecule has 1 amide bonds. The van der Waals surface area contributed by atoms with Crippen molar-refractivity contribution in [2.75, 3.05) is 11.1 Å². The maximum atomic E-state index is 12.8. The number of fused-ring (bicyclic) bond motifs is 1. The second-order valence-electron chi connectivity index (χ2n) is 4.59. The van der Waals surface area contributed by atoms with Crippen LogP contribution in [0.2, 0.25) is 0 Å². The lowest BCUT2D eigenvalue weighted by molar-refractivity contribution is -0.115. The Morgan fingerprint density at radius 3 is 2.73 bits per heavy atom. The summed E-state index contributed by atoms with van der Waals surface area (Å²) in [6, 6.07) is 14.0. The van der Waals surface area contributed by atoms with E-state index < -0.39 is 0 Å². The lowest BCUT2D eigenvalue weighted by Gasteiger charge is -2.02. The SMILES string of the molecule is O=C(CCSc1ccc(F)cc1)Nc1nc2ccccc2s1. The number of nitrogens with zero attached hydrogens (tertiary/aromatic N) is 1. The quantitative estimate of drug-likeness (QED) is 0.697. The summed E-state index contributed by atoms with van der Waals surface area (Å²) in [7, 11) is 0. The van der Waals surface area contributed by atoms with Gasteiger partial charge in [-0.25, -0.2) is 9.37 Å². The number of thiazole rings is 1. The van der Waals surface area contributed by atoms with Gasteiger partial charge in [0.05, 0.1) is 10.2 Å². The average molecular weight is 332 g/mol. The third-order valence-electron chi connectivity index (χ3n) is 2.95. The van der Waals surface area contributed by atoms with Crippen LogP contribution in [0.25, 0.3) is 10.2 Å². The van der Waals surface area contributed by atoms with Crippen LogP contribution in [0, 0.1) is 5.82 Å². The van der Waals surface area contributed by atoms with Crippen LogP contribution < -0.4 is 5.32 Å². The molecule has 2 aromatic carbocycles. The number of halogens is 1. The summed E-state index contributed by atoms with van der Waals surface area (Å²) >= 11 is 2.99. The van der Waals surface area contributed by atoms with Gasteiger partial charge in [0.2, 0.25) is 5.91 Å². The van der Waals surface area contributed by atoms with Crippen molar-refractivity contribution in [1.29, 1.82) is 0 Å². The third-order valence-corrected chi connectivity index (χ3v) is 4.92. The number of amides is 1. The summed E-state index contributed by atoms with van der Waals surface area (Å²) < 4.78 is 13.8.